The minimum atomic E-state index is 0.170. The smallest absolute Gasteiger partial charge is 0.122 e. The van der Waals surface area contributed by atoms with E-state index >= 15 is 0 Å². The summed E-state index contributed by atoms with van der Waals surface area (Å²) in [5.41, 5.74) is 3.94. The summed E-state index contributed by atoms with van der Waals surface area (Å²) in [5, 5.41) is 3.38. The first kappa shape index (κ1) is 12.2. The molecule has 0 aliphatic heterocycles. The number of fused-ring (bicyclic) bond motifs is 1. The molecule has 0 bridgehead atoms. The molecule has 2 unspecified atom stereocenters. The summed E-state index contributed by atoms with van der Waals surface area (Å²) >= 11 is 0. The fraction of sp³-hybridized carbons (Fsp3) is 0.294. The molecule has 19 heavy (non-hydrogen) atoms. The van der Waals surface area contributed by atoms with Gasteiger partial charge < -0.3 is 10.1 Å². The molecule has 1 aliphatic rings. The van der Waals surface area contributed by atoms with Gasteiger partial charge in [0.1, 0.15) is 11.9 Å². The maximum absolute atomic E-state index is 6.23. The zero-order valence-corrected chi connectivity index (χ0v) is 11.4. The topological polar surface area (TPSA) is 21.3 Å². The minimum absolute atomic E-state index is 0.170. The van der Waals surface area contributed by atoms with Crippen molar-refractivity contribution in [3.8, 4) is 5.75 Å². The molecule has 0 amide bonds. The van der Waals surface area contributed by atoms with E-state index in [2.05, 4.69) is 42.6 Å². The van der Waals surface area contributed by atoms with E-state index in [-0.39, 0.29) is 12.1 Å². The van der Waals surface area contributed by atoms with Gasteiger partial charge in [-0.1, -0.05) is 42.5 Å². The van der Waals surface area contributed by atoms with Crippen LogP contribution in [0.3, 0.4) is 0 Å². The van der Waals surface area contributed by atoms with Crippen molar-refractivity contribution in [2.24, 2.45) is 0 Å². The molecule has 0 saturated heterocycles. The first-order chi connectivity index (χ1) is 9.29. The van der Waals surface area contributed by atoms with E-state index in [9.17, 15) is 0 Å². The second-order valence-electron chi connectivity index (χ2n) is 5.09. The third kappa shape index (κ3) is 2.24. The molecule has 2 heteroatoms. The lowest BCUT2D eigenvalue weighted by atomic mass is 10.1. The van der Waals surface area contributed by atoms with Crippen molar-refractivity contribution in [3.05, 3.63) is 65.2 Å². The van der Waals surface area contributed by atoms with Crippen LogP contribution in [0.15, 0.2) is 48.5 Å². The van der Waals surface area contributed by atoms with Crippen molar-refractivity contribution in [2.45, 2.75) is 25.5 Å². The van der Waals surface area contributed by atoms with E-state index in [4.69, 9.17) is 4.74 Å². The van der Waals surface area contributed by atoms with Crippen LogP contribution < -0.4 is 10.1 Å². The Kier molecular flexibility index (Phi) is 3.26. The number of aryl methyl sites for hydroxylation is 1. The summed E-state index contributed by atoms with van der Waals surface area (Å²) in [6.07, 6.45) is 1.14. The van der Waals surface area contributed by atoms with E-state index < -0.39 is 0 Å². The molecular weight excluding hydrogens is 234 g/mol. The molecule has 0 spiro atoms. The highest BCUT2D eigenvalue weighted by atomic mass is 16.5. The monoisotopic (exact) mass is 253 g/mol. The van der Waals surface area contributed by atoms with Crippen LogP contribution in [0.4, 0.5) is 0 Å². The Morgan fingerprint density at radius 2 is 1.79 bits per heavy atom. The Bertz CT molecular complexity index is 579. The van der Waals surface area contributed by atoms with Gasteiger partial charge in [0.25, 0.3) is 0 Å². The molecule has 0 saturated carbocycles. The molecule has 98 valence electrons. The number of benzene rings is 2. The summed E-state index contributed by atoms with van der Waals surface area (Å²) in [4.78, 5) is 0. The summed E-state index contributed by atoms with van der Waals surface area (Å²) < 4.78 is 6.23. The van der Waals surface area contributed by atoms with E-state index in [0.717, 1.165) is 12.2 Å². The molecule has 0 radical (unpaired) electrons. The zero-order valence-electron chi connectivity index (χ0n) is 11.4. The average Bonchev–Trinajstić information content (AvgIpc) is 2.78. The molecular formula is C17H19NO. The number of ether oxygens (including phenoxy) is 1. The van der Waals surface area contributed by atoms with Gasteiger partial charge >= 0.3 is 0 Å². The van der Waals surface area contributed by atoms with Crippen molar-refractivity contribution in [1.29, 1.82) is 0 Å². The first-order valence-electron chi connectivity index (χ1n) is 6.77. The van der Waals surface area contributed by atoms with Crippen LogP contribution in [0.1, 0.15) is 22.7 Å². The van der Waals surface area contributed by atoms with Gasteiger partial charge in [0.15, 0.2) is 0 Å². The van der Waals surface area contributed by atoms with Gasteiger partial charge in [-0.25, -0.2) is 0 Å². The Morgan fingerprint density at radius 3 is 2.58 bits per heavy atom. The third-order valence-electron chi connectivity index (χ3n) is 3.87. The van der Waals surface area contributed by atoms with E-state index in [1.165, 1.54) is 16.7 Å². The standard InChI is InChI=1S/C17H19NO/c1-12-7-3-6-10-15(12)19-16-11-13-8-4-5-9-14(13)17(16)18-2/h3-10,16-18H,11H2,1-2H3. The summed E-state index contributed by atoms with van der Waals surface area (Å²) in [6, 6.07) is 17.1. The molecule has 3 rings (SSSR count). The van der Waals surface area contributed by atoms with Crippen LogP contribution in [0.5, 0.6) is 5.75 Å². The quantitative estimate of drug-likeness (QED) is 0.906. The minimum Gasteiger partial charge on any atom is -0.488 e. The van der Waals surface area contributed by atoms with E-state index in [0.29, 0.717) is 0 Å². The van der Waals surface area contributed by atoms with Gasteiger partial charge in [-0.05, 0) is 36.7 Å². The summed E-state index contributed by atoms with van der Waals surface area (Å²) in [7, 11) is 2.00. The van der Waals surface area contributed by atoms with E-state index in [1.54, 1.807) is 0 Å². The second kappa shape index (κ2) is 5.06. The van der Waals surface area contributed by atoms with Gasteiger partial charge in [-0.15, -0.1) is 0 Å². The van der Waals surface area contributed by atoms with Crippen LogP contribution in [0.2, 0.25) is 0 Å². The largest absolute Gasteiger partial charge is 0.488 e. The van der Waals surface area contributed by atoms with Crippen LogP contribution in [0.25, 0.3) is 0 Å². The first-order valence-corrected chi connectivity index (χ1v) is 6.77. The zero-order chi connectivity index (χ0) is 13.2. The highest BCUT2D eigenvalue weighted by Crippen LogP contribution is 2.34. The molecule has 2 atom stereocenters. The normalized spacial score (nSPS) is 21.2. The van der Waals surface area contributed by atoms with Crippen molar-refractivity contribution < 1.29 is 4.74 Å². The predicted octanol–water partition coefficient (Wildman–Crippen LogP) is 3.26. The maximum Gasteiger partial charge on any atom is 0.122 e. The van der Waals surface area contributed by atoms with Gasteiger partial charge in [0.05, 0.1) is 6.04 Å². The van der Waals surface area contributed by atoms with Gasteiger partial charge in [-0.2, -0.15) is 0 Å². The van der Waals surface area contributed by atoms with Crippen LogP contribution in [-0.4, -0.2) is 13.2 Å². The molecule has 0 fully saturated rings. The second-order valence-corrected chi connectivity index (χ2v) is 5.09. The predicted molar refractivity (Wildman–Crippen MR) is 77.5 cm³/mol. The van der Waals surface area contributed by atoms with Gasteiger partial charge in [0.2, 0.25) is 0 Å². The number of rotatable bonds is 3. The maximum atomic E-state index is 6.23. The van der Waals surface area contributed by atoms with Crippen molar-refractivity contribution in [1.82, 2.24) is 5.32 Å². The lowest BCUT2D eigenvalue weighted by molar-refractivity contribution is 0.170. The molecule has 2 aromatic carbocycles. The number of nitrogens with one attached hydrogen (secondary N) is 1. The van der Waals surface area contributed by atoms with Gasteiger partial charge in [-0.3, -0.25) is 0 Å². The Hall–Kier alpha value is -1.80. The molecule has 2 nitrogen and oxygen atoms in total. The molecule has 2 aromatic rings. The van der Waals surface area contributed by atoms with Crippen LogP contribution in [-0.2, 0) is 6.42 Å². The Morgan fingerprint density at radius 1 is 1.05 bits per heavy atom. The Labute approximate surface area is 114 Å². The van der Waals surface area contributed by atoms with Crippen LogP contribution >= 0.6 is 0 Å². The molecule has 0 heterocycles. The summed E-state index contributed by atoms with van der Waals surface area (Å²) in [5.74, 6) is 0.987. The number of likely N-dealkylation sites (N-methyl/N-ethyl adjacent to an activating group) is 1. The highest BCUT2D eigenvalue weighted by molar-refractivity contribution is 5.38. The fourth-order valence-electron chi connectivity index (χ4n) is 2.86. The number of hydrogen-bond donors (Lipinski definition) is 1. The van der Waals surface area contributed by atoms with E-state index in [1.807, 2.05) is 25.2 Å². The highest BCUT2D eigenvalue weighted by Gasteiger charge is 2.32. The molecule has 1 N–H and O–H groups in total. The third-order valence-corrected chi connectivity index (χ3v) is 3.87. The summed E-state index contributed by atoms with van der Waals surface area (Å²) in [6.45, 7) is 2.09. The fourth-order valence-corrected chi connectivity index (χ4v) is 2.86. The lowest BCUT2D eigenvalue weighted by Crippen LogP contribution is -2.30. The van der Waals surface area contributed by atoms with Gasteiger partial charge in [0, 0.05) is 6.42 Å². The Balaban J connectivity index is 1.86. The van der Waals surface area contributed by atoms with Crippen molar-refractivity contribution in [2.75, 3.05) is 7.05 Å². The number of hydrogen-bond acceptors (Lipinski definition) is 2. The van der Waals surface area contributed by atoms with Crippen LogP contribution in [0, 0.1) is 6.92 Å². The van der Waals surface area contributed by atoms with Crippen molar-refractivity contribution >= 4 is 0 Å². The molecule has 0 aromatic heterocycles. The average molecular weight is 253 g/mol. The SMILES string of the molecule is CNC1c2ccccc2CC1Oc1ccccc1C. The number of para-hydroxylation sites is 1. The van der Waals surface area contributed by atoms with Crippen molar-refractivity contribution in [3.63, 3.8) is 0 Å². The molecule has 1 aliphatic carbocycles. The lowest BCUT2D eigenvalue weighted by Gasteiger charge is -2.22.